The van der Waals surface area contributed by atoms with Crippen LogP contribution in [0.3, 0.4) is 0 Å². The molecule has 1 aromatic heterocycles. The number of nitrogens with two attached hydrogens (primary N) is 1. The van der Waals surface area contributed by atoms with Crippen molar-refractivity contribution in [1.29, 1.82) is 0 Å². The molecule has 0 aliphatic rings. The zero-order valence-electron chi connectivity index (χ0n) is 11.3. The van der Waals surface area contributed by atoms with Gasteiger partial charge >= 0.3 is 0 Å². The zero-order chi connectivity index (χ0) is 13.5. The Morgan fingerprint density at radius 1 is 1.16 bits per heavy atom. The summed E-state index contributed by atoms with van der Waals surface area (Å²) in [6, 6.07) is 12.3. The maximum atomic E-state index is 5.78. The van der Waals surface area contributed by atoms with Gasteiger partial charge in [0.15, 0.2) is 5.82 Å². The van der Waals surface area contributed by atoms with Gasteiger partial charge in [0, 0.05) is 25.2 Å². The predicted octanol–water partition coefficient (Wildman–Crippen LogP) is 2.35. The highest BCUT2D eigenvalue weighted by atomic mass is 15.3. The molecule has 2 aromatic rings. The van der Waals surface area contributed by atoms with Gasteiger partial charge in [-0.3, -0.25) is 0 Å². The Hall–Kier alpha value is -1.94. The third-order valence-corrected chi connectivity index (χ3v) is 3.01. The van der Waals surface area contributed by atoms with Crippen LogP contribution in [0.1, 0.15) is 24.5 Å². The number of benzene rings is 1. The Morgan fingerprint density at radius 3 is 2.63 bits per heavy atom. The van der Waals surface area contributed by atoms with Crippen LogP contribution in [0.4, 0.5) is 5.82 Å². The first kappa shape index (κ1) is 13.5. The Bertz CT molecular complexity index is 499. The van der Waals surface area contributed by atoms with Crippen LogP contribution in [0.15, 0.2) is 42.6 Å². The summed E-state index contributed by atoms with van der Waals surface area (Å²) in [4.78, 5) is 2.24. The van der Waals surface area contributed by atoms with Gasteiger partial charge in [0.05, 0.1) is 6.20 Å². The molecule has 0 aliphatic heterocycles. The maximum absolute atomic E-state index is 5.78. The van der Waals surface area contributed by atoms with E-state index in [1.54, 1.807) is 6.20 Å². The van der Waals surface area contributed by atoms with E-state index in [2.05, 4.69) is 46.3 Å². The van der Waals surface area contributed by atoms with Gasteiger partial charge in [0.25, 0.3) is 0 Å². The predicted molar refractivity (Wildman–Crippen MR) is 77.7 cm³/mol. The minimum atomic E-state index is 0.486. The van der Waals surface area contributed by atoms with Crippen molar-refractivity contribution >= 4 is 5.82 Å². The molecule has 19 heavy (non-hydrogen) atoms. The van der Waals surface area contributed by atoms with Crippen molar-refractivity contribution < 1.29 is 0 Å². The first-order valence-corrected chi connectivity index (χ1v) is 6.64. The summed E-state index contributed by atoms with van der Waals surface area (Å²) >= 11 is 0. The molecule has 0 spiro atoms. The van der Waals surface area contributed by atoms with Crippen molar-refractivity contribution in [3.63, 3.8) is 0 Å². The van der Waals surface area contributed by atoms with E-state index in [-0.39, 0.29) is 0 Å². The molecule has 0 saturated heterocycles. The summed E-state index contributed by atoms with van der Waals surface area (Å²) in [6.07, 6.45) is 2.76. The number of anilines is 1. The van der Waals surface area contributed by atoms with Crippen molar-refractivity contribution in [1.82, 2.24) is 10.2 Å². The molecule has 0 amide bonds. The van der Waals surface area contributed by atoms with Crippen molar-refractivity contribution in [2.24, 2.45) is 5.73 Å². The van der Waals surface area contributed by atoms with E-state index in [9.17, 15) is 0 Å². The van der Waals surface area contributed by atoms with Crippen molar-refractivity contribution in [2.75, 3.05) is 11.4 Å². The standard InChI is InChI=1S/C15H20N4/c1-2-10-19(12-13-6-4-3-5-7-13)15-14(11-16)8-9-17-18-15/h3-9H,2,10-12,16H2,1H3. The monoisotopic (exact) mass is 256 g/mol. The molecule has 2 N–H and O–H groups in total. The molecule has 1 aromatic carbocycles. The Labute approximate surface area is 114 Å². The highest BCUT2D eigenvalue weighted by Crippen LogP contribution is 2.18. The summed E-state index contributed by atoms with van der Waals surface area (Å²) < 4.78 is 0. The van der Waals surface area contributed by atoms with Gasteiger partial charge in [-0.25, -0.2) is 0 Å². The van der Waals surface area contributed by atoms with Crippen molar-refractivity contribution in [3.8, 4) is 0 Å². The third kappa shape index (κ3) is 3.51. The van der Waals surface area contributed by atoms with Crippen LogP contribution in [-0.4, -0.2) is 16.7 Å². The number of hydrogen-bond acceptors (Lipinski definition) is 4. The van der Waals surface area contributed by atoms with Gasteiger partial charge in [0.1, 0.15) is 0 Å². The number of hydrogen-bond donors (Lipinski definition) is 1. The van der Waals surface area contributed by atoms with Crippen LogP contribution in [0.2, 0.25) is 0 Å². The normalized spacial score (nSPS) is 10.4. The fourth-order valence-corrected chi connectivity index (χ4v) is 2.11. The van der Waals surface area contributed by atoms with Crippen LogP contribution >= 0.6 is 0 Å². The summed E-state index contributed by atoms with van der Waals surface area (Å²) in [6.45, 7) is 4.43. The van der Waals surface area contributed by atoms with E-state index in [1.807, 2.05) is 12.1 Å². The van der Waals surface area contributed by atoms with Crippen LogP contribution < -0.4 is 10.6 Å². The average molecular weight is 256 g/mol. The van der Waals surface area contributed by atoms with Crippen LogP contribution in [0.5, 0.6) is 0 Å². The van der Waals surface area contributed by atoms with Gasteiger partial charge in [-0.05, 0) is 18.1 Å². The smallest absolute Gasteiger partial charge is 0.156 e. The molecular formula is C15H20N4. The third-order valence-electron chi connectivity index (χ3n) is 3.01. The summed E-state index contributed by atoms with van der Waals surface area (Å²) in [5, 5.41) is 8.25. The lowest BCUT2D eigenvalue weighted by Gasteiger charge is -2.24. The Morgan fingerprint density at radius 2 is 1.95 bits per heavy atom. The van der Waals surface area contributed by atoms with Gasteiger partial charge in [-0.2, -0.15) is 5.10 Å². The van der Waals surface area contributed by atoms with Crippen molar-refractivity contribution in [3.05, 3.63) is 53.7 Å². The van der Waals surface area contributed by atoms with E-state index in [4.69, 9.17) is 5.73 Å². The van der Waals surface area contributed by atoms with Gasteiger partial charge in [-0.15, -0.1) is 5.10 Å². The van der Waals surface area contributed by atoms with E-state index < -0.39 is 0 Å². The molecule has 0 radical (unpaired) electrons. The second kappa shape index (κ2) is 6.85. The van der Waals surface area contributed by atoms with E-state index >= 15 is 0 Å². The minimum Gasteiger partial charge on any atom is -0.351 e. The van der Waals surface area contributed by atoms with E-state index in [0.717, 1.165) is 30.9 Å². The second-order valence-corrected chi connectivity index (χ2v) is 4.49. The Kier molecular flexibility index (Phi) is 4.86. The topological polar surface area (TPSA) is 55.0 Å². The quantitative estimate of drug-likeness (QED) is 0.862. The molecule has 1 heterocycles. The maximum Gasteiger partial charge on any atom is 0.156 e. The lowest BCUT2D eigenvalue weighted by Crippen LogP contribution is -2.26. The molecule has 4 nitrogen and oxygen atoms in total. The van der Waals surface area contributed by atoms with Crippen LogP contribution in [0.25, 0.3) is 0 Å². The highest BCUT2D eigenvalue weighted by Gasteiger charge is 2.12. The summed E-state index contributed by atoms with van der Waals surface area (Å²) in [5.41, 5.74) is 8.09. The highest BCUT2D eigenvalue weighted by molar-refractivity contribution is 5.46. The minimum absolute atomic E-state index is 0.486. The number of rotatable bonds is 6. The van der Waals surface area contributed by atoms with E-state index in [1.165, 1.54) is 5.56 Å². The SMILES string of the molecule is CCCN(Cc1ccccc1)c1nnccc1CN. The fraction of sp³-hybridized carbons (Fsp3) is 0.333. The summed E-state index contributed by atoms with van der Waals surface area (Å²) in [7, 11) is 0. The number of nitrogens with zero attached hydrogens (tertiary/aromatic N) is 3. The molecule has 0 bridgehead atoms. The largest absolute Gasteiger partial charge is 0.351 e. The van der Waals surface area contributed by atoms with Crippen molar-refractivity contribution in [2.45, 2.75) is 26.4 Å². The number of aromatic nitrogens is 2. The lowest BCUT2D eigenvalue weighted by molar-refractivity contribution is 0.735. The van der Waals surface area contributed by atoms with E-state index in [0.29, 0.717) is 6.54 Å². The molecule has 0 aliphatic carbocycles. The molecule has 4 heteroatoms. The second-order valence-electron chi connectivity index (χ2n) is 4.49. The zero-order valence-corrected chi connectivity index (χ0v) is 11.3. The molecular weight excluding hydrogens is 236 g/mol. The molecule has 100 valence electrons. The molecule has 0 saturated carbocycles. The first-order chi connectivity index (χ1) is 9.35. The van der Waals surface area contributed by atoms with Crippen LogP contribution in [-0.2, 0) is 13.1 Å². The lowest BCUT2D eigenvalue weighted by atomic mass is 10.2. The molecule has 2 rings (SSSR count). The summed E-state index contributed by atoms with van der Waals surface area (Å²) in [5.74, 6) is 0.899. The first-order valence-electron chi connectivity index (χ1n) is 6.64. The van der Waals surface area contributed by atoms with Crippen LogP contribution in [0, 0.1) is 0 Å². The fourth-order valence-electron chi connectivity index (χ4n) is 2.11. The molecule has 0 fully saturated rings. The molecule has 0 atom stereocenters. The molecule has 0 unspecified atom stereocenters. The van der Waals surface area contributed by atoms with Gasteiger partial charge in [0.2, 0.25) is 0 Å². The van der Waals surface area contributed by atoms with Gasteiger partial charge in [-0.1, -0.05) is 37.3 Å². The average Bonchev–Trinajstić information content (AvgIpc) is 2.48. The Balaban J connectivity index is 2.24. The van der Waals surface area contributed by atoms with Gasteiger partial charge < -0.3 is 10.6 Å².